The molecule has 2 amide bonds. The van der Waals surface area contributed by atoms with Gasteiger partial charge in [-0.3, -0.25) is 14.5 Å². The van der Waals surface area contributed by atoms with Crippen molar-refractivity contribution >= 4 is 29.4 Å². The standard InChI is InChI=1S/C33H34N4O3S/c1-22-9-6-13-25(17-22)32-30-31(24-11-4-3-5-12-24)35-37(26-14-7-10-23(2)18-26)33(30)36(29(39)21-41-32)20-28(38)34-19-27-15-8-16-40-27/h3-7,9-14,17-18,27,32H,8,15-16,19-21H2,1-2H3,(H,34,38)/t27-,32-/m1/s1. The van der Waals surface area contributed by atoms with E-state index < -0.39 is 0 Å². The molecule has 1 aromatic heterocycles. The van der Waals surface area contributed by atoms with Gasteiger partial charge in [0.2, 0.25) is 11.8 Å². The Hall–Kier alpha value is -3.88. The number of ether oxygens (including phenoxy) is 1. The van der Waals surface area contributed by atoms with Crippen molar-refractivity contribution in [3.8, 4) is 16.9 Å². The van der Waals surface area contributed by atoms with Gasteiger partial charge < -0.3 is 10.1 Å². The number of aromatic nitrogens is 2. The lowest BCUT2D eigenvalue weighted by Gasteiger charge is -2.23. The quantitative estimate of drug-likeness (QED) is 0.314. The van der Waals surface area contributed by atoms with Crippen molar-refractivity contribution in [1.29, 1.82) is 0 Å². The topological polar surface area (TPSA) is 76.5 Å². The number of carbonyl (C=O) groups is 2. The van der Waals surface area contributed by atoms with Crippen LogP contribution in [-0.2, 0) is 14.3 Å². The molecule has 0 spiro atoms. The van der Waals surface area contributed by atoms with Crippen molar-refractivity contribution in [2.45, 2.75) is 38.0 Å². The van der Waals surface area contributed by atoms with E-state index in [2.05, 4.69) is 42.6 Å². The third-order valence-electron chi connectivity index (χ3n) is 7.58. The molecule has 2 aliphatic heterocycles. The number of carbonyl (C=O) groups excluding carboxylic acids is 2. The number of rotatable bonds is 7. The molecule has 0 aliphatic carbocycles. The van der Waals surface area contributed by atoms with E-state index >= 15 is 0 Å². The van der Waals surface area contributed by atoms with Crippen molar-refractivity contribution in [2.24, 2.45) is 0 Å². The second-order valence-electron chi connectivity index (χ2n) is 10.7. The minimum Gasteiger partial charge on any atom is -0.376 e. The summed E-state index contributed by atoms with van der Waals surface area (Å²) >= 11 is 1.59. The van der Waals surface area contributed by atoms with Gasteiger partial charge in [0.15, 0.2) is 0 Å². The molecule has 0 radical (unpaired) electrons. The molecule has 210 valence electrons. The molecule has 8 heteroatoms. The Morgan fingerprint density at radius 1 is 1.02 bits per heavy atom. The van der Waals surface area contributed by atoms with E-state index in [0.717, 1.165) is 58.6 Å². The number of nitrogens with one attached hydrogen (secondary N) is 1. The van der Waals surface area contributed by atoms with Crippen LogP contribution in [0.1, 0.15) is 40.3 Å². The first-order chi connectivity index (χ1) is 20.0. The zero-order chi connectivity index (χ0) is 28.3. The highest BCUT2D eigenvalue weighted by Crippen LogP contribution is 2.48. The van der Waals surface area contributed by atoms with Crippen LogP contribution in [0.15, 0.2) is 78.9 Å². The number of amides is 2. The highest BCUT2D eigenvalue weighted by molar-refractivity contribution is 8.00. The first-order valence-corrected chi connectivity index (χ1v) is 15.1. The van der Waals surface area contributed by atoms with E-state index in [1.54, 1.807) is 16.7 Å². The predicted octanol–water partition coefficient (Wildman–Crippen LogP) is 5.62. The maximum atomic E-state index is 13.9. The summed E-state index contributed by atoms with van der Waals surface area (Å²) < 4.78 is 7.54. The molecule has 4 aromatic rings. The summed E-state index contributed by atoms with van der Waals surface area (Å²) in [5, 5.41) is 8.03. The van der Waals surface area contributed by atoms with Crippen LogP contribution in [0.2, 0.25) is 0 Å². The number of benzene rings is 3. The average molecular weight is 567 g/mol. The molecule has 0 bridgehead atoms. The van der Waals surface area contributed by atoms with Gasteiger partial charge in [0, 0.05) is 24.3 Å². The van der Waals surface area contributed by atoms with Gasteiger partial charge in [-0.05, 0) is 49.9 Å². The molecule has 2 aliphatic rings. The summed E-state index contributed by atoms with van der Waals surface area (Å²) in [4.78, 5) is 28.8. The van der Waals surface area contributed by atoms with Gasteiger partial charge in [-0.25, -0.2) is 4.68 Å². The summed E-state index contributed by atoms with van der Waals surface area (Å²) in [5.74, 6) is 0.557. The van der Waals surface area contributed by atoms with E-state index in [9.17, 15) is 9.59 Å². The third kappa shape index (κ3) is 5.80. The molecule has 41 heavy (non-hydrogen) atoms. The first-order valence-electron chi connectivity index (χ1n) is 14.1. The van der Waals surface area contributed by atoms with Crippen LogP contribution >= 0.6 is 11.8 Å². The predicted molar refractivity (Wildman–Crippen MR) is 164 cm³/mol. The Labute approximate surface area is 244 Å². The Bertz CT molecular complexity index is 1560. The third-order valence-corrected chi connectivity index (χ3v) is 8.83. The zero-order valence-electron chi connectivity index (χ0n) is 23.4. The summed E-state index contributed by atoms with van der Waals surface area (Å²) in [5.41, 5.74) is 6.89. The Morgan fingerprint density at radius 3 is 2.54 bits per heavy atom. The highest BCUT2D eigenvalue weighted by atomic mass is 32.2. The SMILES string of the molecule is Cc1cccc([C@H]2SCC(=O)N(CC(=O)NC[C@H]3CCCO3)c3c2c(-c2ccccc2)nn3-c2cccc(C)c2)c1. The normalized spacial score (nSPS) is 18.7. The molecule has 0 unspecified atom stereocenters. The molecule has 3 heterocycles. The Kier molecular flexibility index (Phi) is 7.94. The maximum Gasteiger partial charge on any atom is 0.240 e. The molecule has 1 N–H and O–H groups in total. The van der Waals surface area contributed by atoms with Gasteiger partial charge in [-0.15, -0.1) is 11.8 Å². The lowest BCUT2D eigenvalue weighted by molar-refractivity contribution is -0.123. The second-order valence-corrected chi connectivity index (χ2v) is 11.8. The van der Waals surface area contributed by atoms with Crippen LogP contribution in [0, 0.1) is 13.8 Å². The smallest absolute Gasteiger partial charge is 0.240 e. The number of fused-ring (bicyclic) bond motifs is 1. The largest absolute Gasteiger partial charge is 0.376 e. The van der Waals surface area contributed by atoms with E-state index in [0.29, 0.717) is 12.4 Å². The fraction of sp³-hybridized carbons (Fsp3) is 0.303. The van der Waals surface area contributed by atoms with Crippen LogP contribution in [0.4, 0.5) is 5.82 Å². The molecule has 1 fully saturated rings. The van der Waals surface area contributed by atoms with E-state index in [4.69, 9.17) is 9.84 Å². The number of nitrogens with zero attached hydrogens (tertiary/aromatic N) is 3. The number of thioether (sulfide) groups is 1. The Morgan fingerprint density at radius 2 is 1.80 bits per heavy atom. The van der Waals surface area contributed by atoms with E-state index in [1.807, 2.05) is 60.1 Å². The highest BCUT2D eigenvalue weighted by Gasteiger charge is 2.37. The minimum absolute atomic E-state index is 0.0260. The number of anilines is 1. The second kappa shape index (κ2) is 11.9. The maximum absolute atomic E-state index is 13.9. The van der Waals surface area contributed by atoms with Gasteiger partial charge in [-0.1, -0.05) is 72.3 Å². The molecule has 6 rings (SSSR count). The van der Waals surface area contributed by atoms with Gasteiger partial charge in [0.25, 0.3) is 0 Å². The summed E-state index contributed by atoms with van der Waals surface area (Å²) in [6, 6.07) is 26.6. The van der Waals surface area contributed by atoms with Crippen LogP contribution in [0.5, 0.6) is 0 Å². The van der Waals surface area contributed by atoms with Gasteiger partial charge in [0.05, 0.1) is 28.5 Å². The molecule has 7 nitrogen and oxygen atoms in total. The van der Waals surface area contributed by atoms with Crippen molar-refractivity contribution < 1.29 is 14.3 Å². The van der Waals surface area contributed by atoms with Crippen molar-refractivity contribution in [1.82, 2.24) is 15.1 Å². The number of hydrogen-bond acceptors (Lipinski definition) is 5. The molecule has 3 aromatic carbocycles. The summed E-state index contributed by atoms with van der Waals surface area (Å²) in [6.45, 7) is 5.20. The lowest BCUT2D eigenvalue weighted by atomic mass is 9.98. The van der Waals surface area contributed by atoms with Gasteiger partial charge in [-0.2, -0.15) is 5.10 Å². The lowest BCUT2D eigenvalue weighted by Crippen LogP contribution is -2.44. The average Bonchev–Trinajstić information content (AvgIpc) is 3.61. The molecule has 1 saturated heterocycles. The first kappa shape index (κ1) is 27.3. The molecule has 0 saturated carbocycles. The number of hydrogen-bond donors (Lipinski definition) is 1. The van der Waals surface area contributed by atoms with E-state index in [1.165, 1.54) is 0 Å². The minimum atomic E-state index is -0.211. The fourth-order valence-electron chi connectivity index (χ4n) is 5.60. The molecular weight excluding hydrogens is 532 g/mol. The van der Waals surface area contributed by atoms with Gasteiger partial charge >= 0.3 is 0 Å². The van der Waals surface area contributed by atoms with Crippen molar-refractivity contribution in [2.75, 3.05) is 30.3 Å². The summed E-state index contributed by atoms with van der Waals surface area (Å²) in [6.07, 6.45) is 1.96. The zero-order valence-corrected chi connectivity index (χ0v) is 24.2. The van der Waals surface area contributed by atoms with Crippen LogP contribution in [0.3, 0.4) is 0 Å². The van der Waals surface area contributed by atoms with Crippen molar-refractivity contribution in [3.05, 3.63) is 101 Å². The monoisotopic (exact) mass is 566 g/mol. The molecule has 2 atom stereocenters. The van der Waals surface area contributed by atoms with Crippen LogP contribution < -0.4 is 10.2 Å². The fourth-order valence-corrected chi connectivity index (χ4v) is 6.78. The molecular formula is C33H34N4O3S. The van der Waals surface area contributed by atoms with E-state index in [-0.39, 0.29) is 35.5 Å². The van der Waals surface area contributed by atoms with Crippen molar-refractivity contribution in [3.63, 3.8) is 0 Å². The number of aryl methyl sites for hydroxylation is 2. The van der Waals surface area contributed by atoms with Crippen LogP contribution in [-0.4, -0.2) is 53.1 Å². The Balaban J connectivity index is 1.52. The summed E-state index contributed by atoms with van der Waals surface area (Å²) in [7, 11) is 0. The van der Waals surface area contributed by atoms with Gasteiger partial charge in [0.1, 0.15) is 12.4 Å². The van der Waals surface area contributed by atoms with Crippen LogP contribution in [0.25, 0.3) is 16.9 Å².